The monoisotopic (exact) mass is 544 g/mol. The lowest BCUT2D eigenvalue weighted by Gasteiger charge is -2.45. The minimum absolute atomic E-state index is 0.0166. The van der Waals surface area contributed by atoms with Gasteiger partial charge in [-0.15, -0.1) is 23.4 Å². The van der Waals surface area contributed by atoms with Crippen LogP contribution >= 0.6 is 23.4 Å². The first-order chi connectivity index (χ1) is 17.3. The number of carbonyl (C=O) groups excluding carboxylic acids is 2. The first-order valence-corrected chi connectivity index (χ1v) is 14.8. The molecule has 0 bridgehead atoms. The summed E-state index contributed by atoms with van der Waals surface area (Å²) < 4.78 is 5.79. The lowest BCUT2D eigenvalue weighted by Crippen LogP contribution is -2.58. The van der Waals surface area contributed by atoms with Gasteiger partial charge < -0.3 is 30.7 Å². The molecule has 0 aromatic carbocycles. The van der Waals surface area contributed by atoms with Crippen LogP contribution in [0.15, 0.2) is 0 Å². The van der Waals surface area contributed by atoms with Gasteiger partial charge in [-0.25, -0.2) is 0 Å². The van der Waals surface area contributed by atoms with Crippen molar-refractivity contribution in [3.63, 3.8) is 0 Å². The van der Waals surface area contributed by atoms with E-state index in [1.54, 1.807) is 18.9 Å². The molecule has 0 aromatic heterocycles. The van der Waals surface area contributed by atoms with Crippen molar-refractivity contribution in [1.82, 2.24) is 31.5 Å². The van der Waals surface area contributed by atoms with Gasteiger partial charge >= 0.3 is 0 Å². The summed E-state index contributed by atoms with van der Waals surface area (Å²) in [6.45, 7) is 5.51. The molecule has 11 unspecified atom stereocenters. The first-order valence-electron chi connectivity index (χ1n) is 13.4. The standard InChI is InChI=1S/C24H41ClN6O4S/c1-12-6-13(14-7-20(25)28-9-18(14)35-2)15(8-27-12)22(33)30-24-29-16-10-31(11-19(16)36-24)23(34)21-17(32)4-3-5-26-21/h12-21,24,26-29,32H,3-11H2,1-2H3,(H,30,33). The average molecular weight is 545 g/mol. The Balaban J connectivity index is 1.17. The van der Waals surface area contributed by atoms with Gasteiger partial charge in [-0.2, -0.15) is 0 Å². The predicted molar refractivity (Wildman–Crippen MR) is 139 cm³/mol. The van der Waals surface area contributed by atoms with Crippen molar-refractivity contribution in [3.05, 3.63) is 0 Å². The highest BCUT2D eigenvalue weighted by Gasteiger charge is 2.47. The van der Waals surface area contributed by atoms with Crippen molar-refractivity contribution in [2.45, 2.75) is 79.2 Å². The highest BCUT2D eigenvalue weighted by atomic mass is 35.5. The molecule has 0 radical (unpaired) electrons. The number of piperidine rings is 3. The number of halogens is 1. The number of hydrogen-bond acceptors (Lipinski definition) is 9. The molecule has 0 spiro atoms. The highest BCUT2D eigenvalue weighted by Crippen LogP contribution is 2.38. The van der Waals surface area contributed by atoms with E-state index in [1.807, 2.05) is 4.90 Å². The second kappa shape index (κ2) is 11.6. The zero-order valence-electron chi connectivity index (χ0n) is 21.1. The number of carbonyl (C=O) groups is 2. The summed E-state index contributed by atoms with van der Waals surface area (Å²) in [7, 11) is 1.74. The number of nitrogens with zero attached hydrogens (tertiary/aromatic N) is 1. The molecule has 5 aliphatic heterocycles. The molecule has 36 heavy (non-hydrogen) atoms. The number of fused-ring (bicyclic) bond motifs is 1. The van der Waals surface area contributed by atoms with Crippen molar-refractivity contribution in [1.29, 1.82) is 0 Å². The number of aliphatic hydroxyl groups is 1. The van der Waals surface area contributed by atoms with Crippen molar-refractivity contribution in [2.24, 2.45) is 17.8 Å². The van der Waals surface area contributed by atoms with Gasteiger partial charge in [-0.05, 0) is 51.0 Å². The molecule has 12 heteroatoms. The van der Waals surface area contributed by atoms with Gasteiger partial charge in [0.1, 0.15) is 11.5 Å². The average Bonchev–Trinajstić information content (AvgIpc) is 3.42. The van der Waals surface area contributed by atoms with Crippen LogP contribution in [-0.2, 0) is 14.3 Å². The summed E-state index contributed by atoms with van der Waals surface area (Å²) in [5.41, 5.74) is -0.271. The Morgan fingerprint density at radius 1 is 1.14 bits per heavy atom. The van der Waals surface area contributed by atoms with E-state index in [0.29, 0.717) is 38.6 Å². The molecular formula is C24H41ClN6O4S. The molecule has 5 fully saturated rings. The van der Waals surface area contributed by atoms with Gasteiger partial charge in [0.25, 0.3) is 0 Å². The van der Waals surface area contributed by atoms with Gasteiger partial charge in [-0.3, -0.25) is 20.2 Å². The van der Waals surface area contributed by atoms with Crippen LogP contribution in [0.3, 0.4) is 0 Å². The van der Waals surface area contributed by atoms with Gasteiger partial charge in [0.2, 0.25) is 11.8 Å². The van der Waals surface area contributed by atoms with E-state index in [0.717, 1.165) is 25.8 Å². The topological polar surface area (TPSA) is 127 Å². The highest BCUT2D eigenvalue weighted by molar-refractivity contribution is 8.00. The molecule has 0 saturated carbocycles. The molecule has 6 N–H and O–H groups in total. The summed E-state index contributed by atoms with van der Waals surface area (Å²) in [5.74, 6) is 0.322. The Morgan fingerprint density at radius 2 is 1.97 bits per heavy atom. The Hall–Kier alpha value is -0.660. The number of ether oxygens (including phenoxy) is 1. The maximum Gasteiger partial charge on any atom is 0.242 e. The fourth-order valence-electron chi connectivity index (χ4n) is 6.77. The van der Waals surface area contributed by atoms with E-state index in [2.05, 4.69) is 33.5 Å². The van der Waals surface area contributed by atoms with Gasteiger partial charge in [0.15, 0.2) is 0 Å². The van der Waals surface area contributed by atoms with Gasteiger partial charge in [-0.1, -0.05) is 0 Å². The number of aliphatic hydroxyl groups excluding tert-OH is 1. The first kappa shape index (κ1) is 26.9. The Morgan fingerprint density at radius 3 is 2.72 bits per heavy atom. The van der Waals surface area contributed by atoms with E-state index >= 15 is 0 Å². The van der Waals surface area contributed by atoms with E-state index in [4.69, 9.17) is 16.3 Å². The van der Waals surface area contributed by atoms with Crippen LogP contribution in [0, 0.1) is 17.8 Å². The lowest BCUT2D eigenvalue weighted by molar-refractivity contribution is -0.136. The molecule has 5 saturated heterocycles. The number of nitrogens with one attached hydrogen (secondary N) is 5. The van der Waals surface area contributed by atoms with E-state index < -0.39 is 12.1 Å². The number of thioether (sulfide) groups is 1. The Labute approximate surface area is 222 Å². The fourth-order valence-corrected chi connectivity index (χ4v) is 8.47. The molecule has 5 heterocycles. The Bertz CT molecular complexity index is 799. The largest absolute Gasteiger partial charge is 0.391 e. The zero-order chi connectivity index (χ0) is 25.4. The van der Waals surface area contributed by atoms with Crippen molar-refractivity contribution in [2.75, 3.05) is 39.8 Å². The maximum atomic E-state index is 13.5. The second-order valence-corrected chi connectivity index (χ2v) is 13.0. The van der Waals surface area contributed by atoms with E-state index in [-0.39, 0.29) is 58.0 Å². The maximum absolute atomic E-state index is 13.5. The predicted octanol–water partition coefficient (Wildman–Crippen LogP) is -0.781. The lowest BCUT2D eigenvalue weighted by atomic mass is 9.70. The molecule has 204 valence electrons. The van der Waals surface area contributed by atoms with Gasteiger partial charge in [0.05, 0.1) is 23.6 Å². The molecule has 5 rings (SSSR count). The summed E-state index contributed by atoms with van der Waals surface area (Å²) in [4.78, 5) is 28.3. The minimum Gasteiger partial charge on any atom is -0.391 e. The van der Waals surface area contributed by atoms with Crippen LogP contribution in [0.25, 0.3) is 0 Å². The van der Waals surface area contributed by atoms with E-state index in [9.17, 15) is 14.7 Å². The second-order valence-electron chi connectivity index (χ2n) is 11.1. The molecule has 0 aliphatic carbocycles. The number of likely N-dealkylation sites (tertiary alicyclic amines) is 1. The molecule has 0 aromatic rings. The third-order valence-electron chi connectivity index (χ3n) is 8.73. The molecular weight excluding hydrogens is 504 g/mol. The summed E-state index contributed by atoms with van der Waals surface area (Å²) in [5, 5.41) is 27.2. The number of methoxy groups -OCH3 is 1. The number of alkyl halides is 1. The molecule has 11 atom stereocenters. The Kier molecular flexibility index (Phi) is 8.68. The van der Waals surface area contributed by atoms with Crippen molar-refractivity contribution < 1.29 is 19.4 Å². The van der Waals surface area contributed by atoms with Crippen LogP contribution < -0.4 is 26.6 Å². The molecule has 2 amide bonds. The summed E-state index contributed by atoms with van der Waals surface area (Å²) >= 11 is 8.15. The number of rotatable bonds is 5. The minimum atomic E-state index is -0.620. The quantitative estimate of drug-likeness (QED) is 0.195. The molecule has 10 nitrogen and oxygen atoms in total. The van der Waals surface area contributed by atoms with Crippen LogP contribution in [0.2, 0.25) is 0 Å². The third-order valence-corrected chi connectivity index (χ3v) is 10.4. The normalized spacial score (nSPS) is 45.3. The van der Waals surface area contributed by atoms with Crippen molar-refractivity contribution >= 4 is 35.2 Å². The van der Waals surface area contributed by atoms with Crippen LogP contribution in [-0.4, -0.2) is 108 Å². The van der Waals surface area contributed by atoms with Crippen LogP contribution in [0.1, 0.15) is 32.6 Å². The summed E-state index contributed by atoms with van der Waals surface area (Å²) in [6.07, 6.45) is 2.68. The number of amides is 2. The number of hydrogen-bond donors (Lipinski definition) is 6. The van der Waals surface area contributed by atoms with Crippen molar-refractivity contribution in [3.8, 4) is 0 Å². The SMILES string of the molecule is COC1CNC(Cl)CC1C1CC(C)NCC1C(=O)NC1NC2CN(C(=O)C3NCCCC3O)CC2S1. The summed E-state index contributed by atoms with van der Waals surface area (Å²) in [6, 6.07) is -0.0291. The zero-order valence-corrected chi connectivity index (χ0v) is 22.7. The third kappa shape index (κ3) is 5.68. The van der Waals surface area contributed by atoms with E-state index in [1.165, 1.54) is 0 Å². The van der Waals surface area contributed by atoms with Crippen LogP contribution in [0.4, 0.5) is 0 Å². The smallest absolute Gasteiger partial charge is 0.242 e. The van der Waals surface area contributed by atoms with Gasteiger partial charge in [0, 0.05) is 50.6 Å². The van der Waals surface area contributed by atoms with Crippen LogP contribution in [0.5, 0.6) is 0 Å². The fraction of sp³-hybridized carbons (Fsp3) is 0.917. The molecule has 5 aliphatic rings.